The van der Waals surface area contributed by atoms with E-state index in [2.05, 4.69) is 65.8 Å². The summed E-state index contributed by atoms with van der Waals surface area (Å²) in [6, 6.07) is 0. The van der Waals surface area contributed by atoms with Crippen molar-refractivity contribution in [2.75, 3.05) is 0 Å². The molecule has 162 valence electrons. The number of rotatable bonds is 11. The van der Waals surface area contributed by atoms with Crippen molar-refractivity contribution in [2.45, 2.75) is 76.2 Å². The van der Waals surface area contributed by atoms with Gasteiger partial charge in [-0.2, -0.15) is 0 Å². The first kappa shape index (κ1) is 26.1. The van der Waals surface area contributed by atoms with E-state index in [0.29, 0.717) is 0 Å². The molecule has 0 aliphatic carbocycles. The molecule has 1 unspecified atom stereocenters. The summed E-state index contributed by atoms with van der Waals surface area (Å²) in [6.45, 7) is 21.7. The van der Waals surface area contributed by atoms with E-state index in [0.717, 1.165) is 0 Å². The van der Waals surface area contributed by atoms with E-state index >= 15 is 0 Å². The van der Waals surface area contributed by atoms with Crippen molar-refractivity contribution >= 4 is 66.1 Å². The molecule has 1 rings (SSSR count). The van der Waals surface area contributed by atoms with Crippen molar-refractivity contribution in [1.29, 1.82) is 0 Å². The lowest BCUT2D eigenvalue weighted by atomic mass is 10.4. The topological polar surface area (TPSA) is 65.1 Å². The van der Waals surface area contributed by atoms with E-state index in [-0.39, 0.29) is 17.4 Å². The summed E-state index contributed by atoms with van der Waals surface area (Å²) >= 11 is 0. The molecule has 0 aromatic heterocycles. The smallest absolute Gasteiger partial charge is 0.253 e. The Balaban J connectivity index is 3.33. The molecule has 6 nitrogen and oxygen atoms in total. The van der Waals surface area contributed by atoms with Gasteiger partial charge in [-0.05, 0) is 64.5 Å². The van der Waals surface area contributed by atoms with Crippen LogP contribution in [0.4, 0.5) is 0 Å². The van der Waals surface area contributed by atoms with Crippen LogP contribution in [0, 0.1) is 0 Å². The Bertz CT molecular complexity index is 572. The van der Waals surface area contributed by atoms with Gasteiger partial charge in [-0.15, -0.1) is 0 Å². The SMILES string of the molecule is CC([SiH2]O[Si](C)(C)C)C([SiH2]O[Si](C)(C)C)([SiH2]O[Si](C)(C)C)N1C(=O)C=CC1=O. The van der Waals surface area contributed by atoms with Crippen LogP contribution in [0.3, 0.4) is 0 Å². The Labute approximate surface area is 181 Å². The molecular weight excluding hydrogens is 455 g/mol. The fourth-order valence-corrected chi connectivity index (χ4v) is 16.7. The molecule has 0 bridgehead atoms. The Hall–Kier alpha value is 0.0613. The van der Waals surface area contributed by atoms with E-state index in [1.54, 1.807) is 0 Å². The fraction of sp³-hybridized carbons (Fsp3) is 0.750. The average molecular weight is 494 g/mol. The summed E-state index contributed by atoms with van der Waals surface area (Å²) in [7, 11) is -8.65. The van der Waals surface area contributed by atoms with Gasteiger partial charge in [0, 0.05) is 12.2 Å². The van der Waals surface area contributed by atoms with Crippen LogP contribution < -0.4 is 0 Å². The molecule has 1 aliphatic rings. The van der Waals surface area contributed by atoms with Crippen LogP contribution in [0.25, 0.3) is 0 Å². The molecule has 0 saturated carbocycles. The maximum absolute atomic E-state index is 12.7. The average Bonchev–Trinajstić information content (AvgIpc) is 2.83. The largest absolute Gasteiger partial charge is 0.460 e. The third kappa shape index (κ3) is 8.06. The van der Waals surface area contributed by atoms with Crippen LogP contribution in [-0.2, 0) is 21.9 Å². The molecule has 0 spiro atoms. The highest BCUT2D eigenvalue weighted by Gasteiger charge is 2.51. The lowest BCUT2D eigenvalue weighted by Gasteiger charge is -2.46. The molecule has 0 saturated heterocycles. The molecule has 0 aromatic carbocycles. The van der Waals surface area contributed by atoms with Crippen molar-refractivity contribution in [3.05, 3.63) is 12.2 Å². The maximum Gasteiger partial charge on any atom is 0.253 e. The third-order valence-corrected chi connectivity index (χ3v) is 23.3. The zero-order chi connectivity index (χ0) is 22.0. The monoisotopic (exact) mass is 493 g/mol. The second-order valence-corrected chi connectivity index (χ2v) is 32.3. The molecule has 1 atom stereocenters. The number of hydrogen-bond donors (Lipinski definition) is 0. The first-order valence-corrected chi connectivity index (χ1v) is 24.1. The number of carbonyl (C=O) groups excluding carboxylic acids is 2. The van der Waals surface area contributed by atoms with Gasteiger partial charge in [-0.25, -0.2) is 0 Å². The standard InChI is InChI=1S/C16H39NO5Si6/c1-13(23-20-26(2,3)4)16(24-21-27(5,6)7,25-22-28(8,9)10)17-14(18)11-12-15(17)19/h11-13H,23-25H2,1-10H3. The fourth-order valence-electron chi connectivity index (χ4n) is 2.73. The van der Waals surface area contributed by atoms with Crippen molar-refractivity contribution < 1.29 is 21.9 Å². The molecule has 28 heavy (non-hydrogen) atoms. The Morgan fingerprint density at radius 2 is 1.14 bits per heavy atom. The van der Waals surface area contributed by atoms with Gasteiger partial charge < -0.3 is 12.3 Å². The minimum Gasteiger partial charge on any atom is -0.460 e. The van der Waals surface area contributed by atoms with Gasteiger partial charge >= 0.3 is 0 Å². The van der Waals surface area contributed by atoms with Crippen LogP contribution in [0.5, 0.6) is 0 Å². The highest BCUT2D eigenvalue weighted by Crippen LogP contribution is 2.33. The maximum atomic E-state index is 12.7. The molecule has 12 heteroatoms. The lowest BCUT2D eigenvalue weighted by Crippen LogP contribution is -2.66. The Kier molecular flexibility index (Phi) is 8.82. The van der Waals surface area contributed by atoms with E-state index in [9.17, 15) is 9.59 Å². The van der Waals surface area contributed by atoms with Crippen LogP contribution in [0.15, 0.2) is 12.2 Å². The summed E-state index contributed by atoms with van der Waals surface area (Å²) < 4.78 is 19.3. The van der Waals surface area contributed by atoms with Crippen LogP contribution in [0.2, 0.25) is 64.5 Å². The Morgan fingerprint density at radius 1 is 0.786 bits per heavy atom. The van der Waals surface area contributed by atoms with Gasteiger partial charge in [0.15, 0.2) is 54.2 Å². The quantitative estimate of drug-likeness (QED) is 0.319. The van der Waals surface area contributed by atoms with Crippen molar-refractivity contribution in [1.82, 2.24) is 4.90 Å². The van der Waals surface area contributed by atoms with Crippen LogP contribution in [0.1, 0.15) is 6.92 Å². The van der Waals surface area contributed by atoms with Gasteiger partial charge in [0.25, 0.3) is 11.8 Å². The molecule has 0 radical (unpaired) electrons. The molecule has 0 N–H and O–H groups in total. The zero-order valence-electron chi connectivity index (χ0n) is 19.3. The van der Waals surface area contributed by atoms with Gasteiger partial charge in [0.05, 0.1) is 4.79 Å². The predicted octanol–water partition coefficient (Wildman–Crippen LogP) is 1.18. The molecular formula is C16H39NO5Si6. The van der Waals surface area contributed by atoms with Gasteiger partial charge in [0.1, 0.15) is 0 Å². The summed E-state index contributed by atoms with van der Waals surface area (Å²) in [6.07, 6.45) is 2.80. The minimum absolute atomic E-state index is 0.137. The summed E-state index contributed by atoms with van der Waals surface area (Å²) in [5.74, 6) is -0.422. The highest BCUT2D eigenvalue weighted by atomic mass is 28.4. The third-order valence-electron chi connectivity index (χ3n) is 4.45. The molecule has 1 aliphatic heterocycles. The first-order valence-electron chi connectivity index (χ1n) is 9.95. The lowest BCUT2D eigenvalue weighted by molar-refractivity contribution is -0.139. The van der Waals surface area contributed by atoms with Gasteiger partial charge in [-0.1, -0.05) is 6.92 Å². The number of carbonyl (C=O) groups is 2. The normalized spacial score (nSPS) is 20.6. The molecule has 0 fully saturated rings. The van der Waals surface area contributed by atoms with E-state index in [1.807, 2.05) is 0 Å². The number of amides is 2. The Morgan fingerprint density at radius 3 is 1.46 bits per heavy atom. The molecule has 1 heterocycles. The minimum atomic E-state index is -1.79. The molecule has 0 aromatic rings. The van der Waals surface area contributed by atoms with E-state index < -0.39 is 59.0 Å². The summed E-state index contributed by atoms with van der Waals surface area (Å²) in [5, 5.41) is 0. The number of imide groups is 1. The van der Waals surface area contributed by atoms with Gasteiger partial charge in [-0.3, -0.25) is 14.5 Å². The van der Waals surface area contributed by atoms with E-state index in [4.69, 9.17) is 12.3 Å². The predicted molar refractivity (Wildman–Crippen MR) is 132 cm³/mol. The van der Waals surface area contributed by atoms with Crippen molar-refractivity contribution in [3.63, 3.8) is 0 Å². The van der Waals surface area contributed by atoms with Crippen molar-refractivity contribution in [3.8, 4) is 0 Å². The molecule has 2 amide bonds. The second kappa shape index (κ2) is 9.47. The van der Waals surface area contributed by atoms with Crippen LogP contribution in [-0.4, -0.2) is 75.7 Å². The van der Waals surface area contributed by atoms with Crippen molar-refractivity contribution in [2.24, 2.45) is 0 Å². The second-order valence-electron chi connectivity index (χ2n) is 10.6. The first-order chi connectivity index (χ1) is 12.5. The van der Waals surface area contributed by atoms with Gasteiger partial charge in [0.2, 0.25) is 0 Å². The summed E-state index contributed by atoms with van der Waals surface area (Å²) in [5.41, 5.74) is 0.137. The summed E-state index contributed by atoms with van der Waals surface area (Å²) in [4.78, 5) is 26.4. The van der Waals surface area contributed by atoms with E-state index in [1.165, 1.54) is 17.1 Å². The number of hydrogen-bond acceptors (Lipinski definition) is 5. The van der Waals surface area contributed by atoms with Crippen LogP contribution >= 0.6 is 0 Å². The zero-order valence-corrected chi connectivity index (χ0v) is 26.6. The highest BCUT2D eigenvalue weighted by molar-refractivity contribution is 6.80. The number of nitrogens with zero attached hydrogens (tertiary/aromatic N) is 1.